The van der Waals surface area contributed by atoms with E-state index >= 15 is 0 Å². The molecule has 1 aliphatic heterocycles. The van der Waals surface area contributed by atoms with Gasteiger partial charge in [-0.25, -0.2) is 6.08 Å². The molecule has 16 heavy (non-hydrogen) atoms. The van der Waals surface area contributed by atoms with Crippen LogP contribution in [0, 0.1) is 12.0 Å². The first-order valence-corrected chi connectivity index (χ1v) is 5.37. The van der Waals surface area contributed by atoms with Crippen molar-refractivity contribution in [3.8, 4) is 0 Å². The molecule has 1 nitrogen and oxygen atoms in total. The van der Waals surface area contributed by atoms with Gasteiger partial charge in [-0.3, -0.25) is 0 Å². The summed E-state index contributed by atoms with van der Waals surface area (Å²) in [4.78, 5) is 0. The normalized spacial score (nSPS) is 19.5. The van der Waals surface area contributed by atoms with E-state index in [4.69, 9.17) is 11.6 Å². The van der Waals surface area contributed by atoms with E-state index in [0.29, 0.717) is 5.92 Å². The average Bonchev–Trinajstić information content (AvgIpc) is 2.23. The third-order valence-electron chi connectivity index (χ3n) is 2.60. The number of benzene rings is 1. The van der Waals surface area contributed by atoms with Crippen LogP contribution in [0.4, 0.5) is 0 Å². The average molecular weight is 308 g/mol. The predicted molar refractivity (Wildman–Crippen MR) is 64.2 cm³/mol. The molecule has 0 amide bonds. The van der Waals surface area contributed by atoms with Gasteiger partial charge in [-0.2, -0.15) is 5.56 Å². The molecule has 0 bridgehead atoms. The van der Waals surface area contributed by atoms with E-state index in [1.807, 2.05) is 24.3 Å². The molecule has 1 radical (unpaired) electrons. The molecule has 0 aromatic heterocycles. The summed E-state index contributed by atoms with van der Waals surface area (Å²) in [6.07, 6.45) is 4.26. The van der Waals surface area contributed by atoms with E-state index in [-0.39, 0.29) is 32.7 Å². The zero-order valence-corrected chi connectivity index (χ0v) is 12.9. The largest absolute Gasteiger partial charge is 0.393 e. The van der Waals surface area contributed by atoms with Gasteiger partial charge in [0.15, 0.2) is 0 Å². The second-order valence-corrected chi connectivity index (χ2v) is 4.25. The smallest absolute Gasteiger partial charge is 0.0376 e. The molecule has 1 unspecified atom stereocenters. The summed E-state index contributed by atoms with van der Waals surface area (Å²) in [5.41, 5.74) is 3.17. The van der Waals surface area contributed by atoms with Crippen molar-refractivity contribution < 1.29 is 32.7 Å². The number of allylic oxidation sites excluding steroid dienone is 2. The third-order valence-corrected chi connectivity index (χ3v) is 2.85. The fourth-order valence-electron chi connectivity index (χ4n) is 1.50. The van der Waals surface area contributed by atoms with Gasteiger partial charge in [-0.1, -0.05) is 37.2 Å². The van der Waals surface area contributed by atoms with Crippen LogP contribution in [0.15, 0.2) is 36.5 Å². The Morgan fingerprint density at radius 3 is 2.56 bits per heavy atom. The number of rotatable bonds is 1. The predicted octanol–water partition coefficient (Wildman–Crippen LogP) is 3.62. The van der Waals surface area contributed by atoms with Gasteiger partial charge in [0.25, 0.3) is 0 Å². The summed E-state index contributed by atoms with van der Waals surface area (Å²) in [5.74, 6) is 0.459. The summed E-state index contributed by atoms with van der Waals surface area (Å²) in [6.45, 7) is 6.13. The Morgan fingerprint density at radius 1 is 1.38 bits per heavy atom. The van der Waals surface area contributed by atoms with Gasteiger partial charge in [-0.15, -0.1) is 24.3 Å². The van der Waals surface area contributed by atoms with Crippen LogP contribution in [-0.4, -0.2) is 0 Å². The molecular weight excluding hydrogens is 295 g/mol. The molecule has 3 heteroatoms. The Balaban J connectivity index is 0.00000128. The molecule has 1 atom stereocenters. The maximum absolute atomic E-state index is 5.83. The Morgan fingerprint density at radius 2 is 2.00 bits per heavy atom. The van der Waals surface area contributed by atoms with Gasteiger partial charge in [0.05, 0.1) is 0 Å². The van der Waals surface area contributed by atoms with E-state index in [1.165, 1.54) is 0 Å². The Labute approximate surface area is 127 Å². The fraction of sp³-hybridized carbons (Fsp3) is 0.231. The van der Waals surface area contributed by atoms with E-state index < -0.39 is 0 Å². The molecular formula is C13H13ClNY-. The van der Waals surface area contributed by atoms with Gasteiger partial charge in [-0.05, 0) is 5.92 Å². The Bertz CT molecular complexity index is 408. The fourth-order valence-corrected chi connectivity index (χ4v) is 1.62. The minimum atomic E-state index is 0. The summed E-state index contributed by atoms with van der Waals surface area (Å²) in [6, 6.07) is 7.74. The molecule has 2 rings (SSSR count). The van der Waals surface area contributed by atoms with Gasteiger partial charge in [0.1, 0.15) is 0 Å². The minimum Gasteiger partial charge on any atom is -0.393 e. The first-order valence-electron chi connectivity index (χ1n) is 4.99. The summed E-state index contributed by atoms with van der Waals surface area (Å²) < 4.78 is 0. The van der Waals surface area contributed by atoms with Gasteiger partial charge in [0.2, 0.25) is 0 Å². The molecule has 0 fully saturated rings. The SMILES string of the molecule is C=C1NC(c2ccc(Cl)cc2)=[C-]CC1C.[Y]. The first-order chi connectivity index (χ1) is 7.16. The van der Waals surface area contributed by atoms with E-state index in [1.54, 1.807) is 0 Å². The van der Waals surface area contributed by atoms with Crippen LogP contribution in [0.25, 0.3) is 5.70 Å². The van der Waals surface area contributed by atoms with Crippen molar-refractivity contribution in [1.82, 2.24) is 5.32 Å². The summed E-state index contributed by atoms with van der Waals surface area (Å²) in [7, 11) is 0. The number of halogens is 1. The standard InChI is InChI=1S/C13H13ClN.Y/c1-9-3-8-13(15-10(9)2)11-4-6-12(14)7-5-11;/h4-7,9,15H,2-3H2,1H3;/q-1;. The van der Waals surface area contributed by atoms with E-state index in [9.17, 15) is 0 Å². The van der Waals surface area contributed by atoms with Crippen molar-refractivity contribution in [1.29, 1.82) is 0 Å². The molecule has 1 N–H and O–H groups in total. The molecule has 1 aromatic rings. The second-order valence-electron chi connectivity index (χ2n) is 3.81. The van der Waals surface area contributed by atoms with Crippen molar-refractivity contribution >= 4 is 17.3 Å². The van der Waals surface area contributed by atoms with Crippen molar-refractivity contribution in [2.75, 3.05) is 0 Å². The molecule has 1 aliphatic rings. The van der Waals surface area contributed by atoms with E-state index in [2.05, 4.69) is 24.9 Å². The summed E-state index contributed by atoms with van der Waals surface area (Å²) >= 11 is 5.83. The van der Waals surface area contributed by atoms with Gasteiger partial charge < -0.3 is 5.32 Å². The summed E-state index contributed by atoms with van der Waals surface area (Å²) in [5, 5.41) is 4.02. The number of hydrogen-bond donors (Lipinski definition) is 1. The first kappa shape index (κ1) is 14.0. The third kappa shape index (κ3) is 3.19. The number of hydrogen-bond acceptors (Lipinski definition) is 1. The van der Waals surface area contributed by atoms with Crippen molar-refractivity contribution in [2.45, 2.75) is 13.3 Å². The Hall–Kier alpha value is -0.106. The van der Waals surface area contributed by atoms with Crippen LogP contribution in [0.3, 0.4) is 0 Å². The monoisotopic (exact) mass is 307 g/mol. The van der Waals surface area contributed by atoms with Crippen LogP contribution in [0.2, 0.25) is 5.02 Å². The second kappa shape index (κ2) is 6.00. The zero-order chi connectivity index (χ0) is 10.8. The van der Waals surface area contributed by atoms with Gasteiger partial charge in [0, 0.05) is 43.4 Å². The molecule has 0 spiro atoms. The molecule has 1 heterocycles. The molecule has 0 aliphatic carbocycles. The topological polar surface area (TPSA) is 12.0 Å². The minimum absolute atomic E-state index is 0. The molecule has 0 saturated carbocycles. The maximum atomic E-state index is 5.83. The number of nitrogens with one attached hydrogen (secondary N) is 1. The van der Waals surface area contributed by atoms with Crippen LogP contribution in [0.1, 0.15) is 18.9 Å². The zero-order valence-electron chi connectivity index (χ0n) is 9.26. The maximum Gasteiger partial charge on any atom is 0.0376 e. The Kier molecular flexibility index (Phi) is 5.23. The van der Waals surface area contributed by atoms with E-state index in [0.717, 1.165) is 28.4 Å². The van der Waals surface area contributed by atoms with Crippen LogP contribution in [0.5, 0.6) is 0 Å². The van der Waals surface area contributed by atoms with Crippen LogP contribution < -0.4 is 5.32 Å². The van der Waals surface area contributed by atoms with Crippen LogP contribution in [-0.2, 0) is 32.7 Å². The van der Waals surface area contributed by atoms with Crippen molar-refractivity contribution in [3.05, 3.63) is 53.2 Å². The molecule has 1 aromatic carbocycles. The quantitative estimate of drug-likeness (QED) is 0.781. The van der Waals surface area contributed by atoms with Crippen molar-refractivity contribution in [3.63, 3.8) is 0 Å². The molecule has 0 saturated heterocycles. The van der Waals surface area contributed by atoms with Crippen LogP contribution >= 0.6 is 11.6 Å². The van der Waals surface area contributed by atoms with Gasteiger partial charge >= 0.3 is 0 Å². The molecule has 81 valence electrons. The van der Waals surface area contributed by atoms with Crippen molar-refractivity contribution in [2.24, 2.45) is 5.92 Å².